The van der Waals surface area contributed by atoms with E-state index in [0.717, 1.165) is 25.2 Å². The van der Waals surface area contributed by atoms with Crippen molar-refractivity contribution in [3.63, 3.8) is 0 Å². The zero-order valence-electron chi connectivity index (χ0n) is 8.42. The summed E-state index contributed by atoms with van der Waals surface area (Å²) in [5.74, 6) is 0. The number of alkyl halides is 3. The van der Waals surface area contributed by atoms with Gasteiger partial charge in [-0.1, -0.05) is 6.07 Å². The fraction of sp³-hybridized carbons (Fsp3) is 0.455. The minimum atomic E-state index is -4.40. The number of halogens is 3. The van der Waals surface area contributed by atoms with Gasteiger partial charge in [-0.05, 0) is 30.9 Å². The predicted molar refractivity (Wildman–Crippen MR) is 50.7 cm³/mol. The van der Waals surface area contributed by atoms with Crippen LogP contribution in [0.1, 0.15) is 24.1 Å². The summed E-state index contributed by atoms with van der Waals surface area (Å²) < 4.78 is 36.7. The van der Waals surface area contributed by atoms with E-state index in [1.54, 1.807) is 0 Å². The Morgan fingerprint density at radius 2 is 2.06 bits per heavy atom. The second-order valence-electron chi connectivity index (χ2n) is 4.21. The van der Waals surface area contributed by atoms with E-state index in [1.807, 2.05) is 0 Å². The van der Waals surface area contributed by atoms with Crippen molar-refractivity contribution in [1.82, 2.24) is 4.98 Å². The van der Waals surface area contributed by atoms with E-state index in [2.05, 4.69) is 4.98 Å². The Bertz CT molecular complexity index is 393. The zero-order valence-corrected chi connectivity index (χ0v) is 8.42. The maximum atomic E-state index is 12.2. The van der Waals surface area contributed by atoms with E-state index >= 15 is 0 Å². The molecule has 0 N–H and O–H groups in total. The molecule has 1 heterocycles. The lowest BCUT2D eigenvalue weighted by Crippen LogP contribution is -2.10. The van der Waals surface area contributed by atoms with Gasteiger partial charge in [-0.25, -0.2) is 0 Å². The first-order valence-corrected chi connectivity index (χ1v) is 4.94. The highest BCUT2D eigenvalue weighted by atomic mass is 19.4. The van der Waals surface area contributed by atoms with Crippen molar-refractivity contribution in [3.05, 3.63) is 29.6 Å². The van der Waals surface area contributed by atoms with E-state index in [0.29, 0.717) is 12.0 Å². The van der Waals surface area contributed by atoms with E-state index in [9.17, 15) is 18.0 Å². The highest BCUT2D eigenvalue weighted by Gasteiger charge is 2.42. The summed E-state index contributed by atoms with van der Waals surface area (Å²) >= 11 is 0. The molecule has 0 atom stereocenters. The van der Waals surface area contributed by atoms with Crippen molar-refractivity contribution in [2.24, 2.45) is 5.41 Å². The Morgan fingerprint density at radius 3 is 2.44 bits per heavy atom. The van der Waals surface area contributed by atoms with E-state index < -0.39 is 11.9 Å². The number of hydrogen-bond acceptors (Lipinski definition) is 2. The number of carbonyl (C=O) groups is 1. The van der Waals surface area contributed by atoms with Gasteiger partial charge < -0.3 is 4.79 Å². The van der Waals surface area contributed by atoms with Crippen molar-refractivity contribution in [3.8, 4) is 0 Å². The first-order chi connectivity index (χ1) is 7.45. The van der Waals surface area contributed by atoms with Gasteiger partial charge in [0.1, 0.15) is 12.0 Å². The van der Waals surface area contributed by atoms with Gasteiger partial charge in [0, 0.05) is 11.6 Å². The van der Waals surface area contributed by atoms with Gasteiger partial charge in [0.15, 0.2) is 0 Å². The average molecular weight is 229 g/mol. The summed E-state index contributed by atoms with van der Waals surface area (Å²) in [6, 6.07) is 2.34. The van der Waals surface area contributed by atoms with Crippen LogP contribution in [0.4, 0.5) is 13.2 Å². The van der Waals surface area contributed by atoms with Crippen LogP contribution in [0.5, 0.6) is 0 Å². The molecule has 1 aliphatic rings. The number of nitrogens with zero attached hydrogens (tertiary/aromatic N) is 1. The number of rotatable bonds is 3. The molecule has 1 saturated carbocycles. The molecule has 0 aromatic carbocycles. The summed E-state index contributed by atoms with van der Waals surface area (Å²) in [4.78, 5) is 14.1. The average Bonchev–Trinajstić information content (AvgIpc) is 2.98. The smallest absolute Gasteiger partial charge is 0.303 e. The van der Waals surface area contributed by atoms with Gasteiger partial charge in [-0.15, -0.1) is 0 Å². The fourth-order valence-electron chi connectivity index (χ4n) is 1.60. The first kappa shape index (κ1) is 11.1. The van der Waals surface area contributed by atoms with Crippen LogP contribution < -0.4 is 0 Å². The molecular formula is C11H10F3NO. The molecule has 0 saturated heterocycles. The van der Waals surface area contributed by atoms with Crippen LogP contribution in [0, 0.1) is 5.41 Å². The molecule has 1 aliphatic carbocycles. The Balaban J connectivity index is 2.11. The Morgan fingerprint density at radius 1 is 1.38 bits per heavy atom. The van der Waals surface area contributed by atoms with Gasteiger partial charge in [0.05, 0.1) is 0 Å². The van der Waals surface area contributed by atoms with Crippen LogP contribution in [-0.4, -0.2) is 11.3 Å². The maximum Gasteiger partial charge on any atom is 0.433 e. The lowest BCUT2D eigenvalue weighted by molar-refractivity contribution is -0.141. The first-order valence-electron chi connectivity index (χ1n) is 4.94. The van der Waals surface area contributed by atoms with Crippen LogP contribution in [0.3, 0.4) is 0 Å². The second-order valence-corrected chi connectivity index (χ2v) is 4.21. The molecule has 86 valence electrons. The van der Waals surface area contributed by atoms with Gasteiger partial charge in [-0.2, -0.15) is 13.2 Å². The molecule has 0 bridgehead atoms. The van der Waals surface area contributed by atoms with Gasteiger partial charge >= 0.3 is 6.18 Å². The quantitative estimate of drug-likeness (QED) is 0.746. The molecule has 1 fully saturated rings. The molecule has 1 aromatic heterocycles. The SMILES string of the molecule is O=CC1(Cc2ccc(C(F)(F)F)nc2)CC1. The predicted octanol–water partition coefficient (Wildman–Crippen LogP) is 2.62. The number of pyridine rings is 1. The third-order valence-corrected chi connectivity index (χ3v) is 2.81. The monoisotopic (exact) mass is 229 g/mol. The molecule has 0 radical (unpaired) electrons. The third-order valence-electron chi connectivity index (χ3n) is 2.81. The lowest BCUT2D eigenvalue weighted by Gasteiger charge is -2.08. The Hall–Kier alpha value is -1.39. The largest absolute Gasteiger partial charge is 0.433 e. The lowest BCUT2D eigenvalue weighted by atomic mass is 9.99. The molecule has 5 heteroatoms. The molecule has 2 nitrogen and oxygen atoms in total. The van der Waals surface area contributed by atoms with Crippen molar-refractivity contribution in [2.45, 2.75) is 25.4 Å². The summed E-state index contributed by atoms with van der Waals surface area (Å²) in [5.41, 5.74) is -0.550. The van der Waals surface area contributed by atoms with Crippen LogP contribution >= 0.6 is 0 Å². The molecule has 1 aromatic rings. The molecule has 0 unspecified atom stereocenters. The van der Waals surface area contributed by atoms with Crippen LogP contribution in [-0.2, 0) is 17.4 Å². The normalized spacial score (nSPS) is 18.2. The zero-order chi connectivity index (χ0) is 11.8. The minimum Gasteiger partial charge on any atom is -0.303 e. The number of hydrogen-bond donors (Lipinski definition) is 0. The molecule has 0 spiro atoms. The summed E-state index contributed by atoms with van der Waals surface area (Å²) in [5, 5.41) is 0. The highest BCUT2D eigenvalue weighted by Crippen LogP contribution is 2.46. The molecule has 2 rings (SSSR count). The number of aromatic nitrogens is 1. The molecule has 0 aliphatic heterocycles. The molecule has 16 heavy (non-hydrogen) atoms. The Kier molecular flexibility index (Phi) is 2.48. The summed E-state index contributed by atoms with van der Waals surface area (Å²) in [6.45, 7) is 0. The minimum absolute atomic E-state index is 0.332. The molecular weight excluding hydrogens is 219 g/mol. The van der Waals surface area contributed by atoms with Gasteiger partial charge in [-0.3, -0.25) is 4.98 Å². The maximum absolute atomic E-state index is 12.2. The topological polar surface area (TPSA) is 30.0 Å². The Labute approximate surface area is 90.5 Å². The van der Waals surface area contributed by atoms with Crippen molar-refractivity contribution in [2.75, 3.05) is 0 Å². The van der Waals surface area contributed by atoms with Crippen molar-refractivity contribution < 1.29 is 18.0 Å². The van der Waals surface area contributed by atoms with Crippen molar-refractivity contribution in [1.29, 1.82) is 0 Å². The standard InChI is InChI=1S/C11H10F3NO/c12-11(13,14)9-2-1-8(6-15-9)5-10(7-16)3-4-10/h1-2,6-7H,3-5H2. The van der Waals surface area contributed by atoms with E-state index in [4.69, 9.17) is 0 Å². The fourth-order valence-corrected chi connectivity index (χ4v) is 1.60. The number of carbonyl (C=O) groups excluding carboxylic acids is 1. The summed E-state index contributed by atoms with van der Waals surface area (Å²) in [7, 11) is 0. The van der Waals surface area contributed by atoms with Crippen LogP contribution in [0.15, 0.2) is 18.3 Å². The second kappa shape index (κ2) is 3.57. The number of aldehydes is 1. The summed E-state index contributed by atoms with van der Waals surface area (Å²) in [6.07, 6.45) is -0.186. The van der Waals surface area contributed by atoms with E-state index in [1.165, 1.54) is 12.3 Å². The van der Waals surface area contributed by atoms with Gasteiger partial charge in [0.25, 0.3) is 0 Å². The van der Waals surface area contributed by atoms with Crippen molar-refractivity contribution >= 4 is 6.29 Å². The van der Waals surface area contributed by atoms with Crippen LogP contribution in [0.25, 0.3) is 0 Å². The highest BCUT2D eigenvalue weighted by molar-refractivity contribution is 5.64. The van der Waals surface area contributed by atoms with Gasteiger partial charge in [0.2, 0.25) is 0 Å². The third kappa shape index (κ3) is 2.23. The van der Waals surface area contributed by atoms with Crippen LogP contribution in [0.2, 0.25) is 0 Å². The van der Waals surface area contributed by atoms with E-state index in [-0.39, 0.29) is 5.41 Å². The molecule has 0 amide bonds.